The zero-order valence-corrected chi connectivity index (χ0v) is 24.7. The summed E-state index contributed by atoms with van der Waals surface area (Å²) < 4.78 is 13.0. The third-order valence-electron chi connectivity index (χ3n) is 8.62. The van der Waals surface area contributed by atoms with E-state index >= 15 is 0 Å². The summed E-state index contributed by atoms with van der Waals surface area (Å²) in [6.45, 7) is 2.52. The molecule has 4 aromatic rings. The number of amides is 2. The molecule has 1 saturated heterocycles. The molecule has 1 fully saturated rings. The minimum atomic E-state index is -0.699. The van der Waals surface area contributed by atoms with E-state index in [-0.39, 0.29) is 36.7 Å². The van der Waals surface area contributed by atoms with E-state index in [1.807, 2.05) is 80.7 Å². The van der Waals surface area contributed by atoms with Gasteiger partial charge in [-0.2, -0.15) is 0 Å². The summed E-state index contributed by atoms with van der Waals surface area (Å²) in [5.74, 6) is -0.686. The van der Waals surface area contributed by atoms with Crippen LogP contribution in [0.2, 0.25) is 0 Å². The Labute approximate surface area is 257 Å². The van der Waals surface area contributed by atoms with Crippen LogP contribution in [0, 0.1) is 0 Å². The third-order valence-corrected chi connectivity index (χ3v) is 8.62. The van der Waals surface area contributed by atoms with Crippen molar-refractivity contribution in [1.29, 1.82) is 0 Å². The molecule has 0 aliphatic carbocycles. The Morgan fingerprint density at radius 3 is 2.02 bits per heavy atom. The van der Waals surface area contributed by atoms with Gasteiger partial charge >= 0.3 is 0 Å². The van der Waals surface area contributed by atoms with Crippen molar-refractivity contribution in [3.63, 3.8) is 0 Å². The predicted octanol–water partition coefficient (Wildman–Crippen LogP) is 5.58. The normalized spacial score (nSPS) is 21.4. The van der Waals surface area contributed by atoms with Gasteiger partial charge in [-0.05, 0) is 54.9 Å². The lowest BCUT2D eigenvalue weighted by Crippen LogP contribution is -2.43. The summed E-state index contributed by atoms with van der Waals surface area (Å²) in [5, 5.41) is 20.5. The van der Waals surface area contributed by atoms with Gasteiger partial charge in [-0.1, -0.05) is 78.9 Å². The maximum atomic E-state index is 13.0. The fourth-order valence-corrected chi connectivity index (χ4v) is 5.89. The molecule has 8 nitrogen and oxygen atoms in total. The van der Waals surface area contributed by atoms with Gasteiger partial charge in [-0.3, -0.25) is 14.5 Å². The van der Waals surface area contributed by atoms with Gasteiger partial charge in [-0.25, -0.2) is 4.90 Å². The van der Waals surface area contributed by atoms with E-state index in [1.165, 1.54) is 4.90 Å². The van der Waals surface area contributed by atoms with Crippen LogP contribution in [0.5, 0.6) is 0 Å². The molecule has 0 unspecified atom stereocenters. The lowest BCUT2D eigenvalue weighted by Gasteiger charge is -2.39. The third kappa shape index (κ3) is 5.95. The summed E-state index contributed by atoms with van der Waals surface area (Å²) in [7, 11) is 1.98. The number of ether oxygens (including phenoxy) is 2. The van der Waals surface area contributed by atoms with Gasteiger partial charge in [0.15, 0.2) is 6.29 Å². The first kappa shape index (κ1) is 29.9. The number of benzene rings is 4. The van der Waals surface area contributed by atoms with Crippen LogP contribution in [0.1, 0.15) is 74.8 Å². The minimum Gasteiger partial charge on any atom is -0.392 e. The molecule has 2 aliphatic rings. The van der Waals surface area contributed by atoms with Crippen molar-refractivity contribution >= 4 is 17.5 Å². The van der Waals surface area contributed by atoms with E-state index in [1.54, 1.807) is 36.4 Å². The van der Waals surface area contributed by atoms with Crippen LogP contribution in [0.4, 0.5) is 5.69 Å². The molecule has 0 bridgehead atoms. The molecule has 8 heteroatoms. The number of anilines is 1. The highest BCUT2D eigenvalue weighted by Crippen LogP contribution is 2.39. The maximum absolute atomic E-state index is 13.0. The van der Waals surface area contributed by atoms with Crippen LogP contribution in [-0.2, 0) is 16.1 Å². The predicted molar refractivity (Wildman–Crippen MR) is 166 cm³/mol. The standard InChI is InChI=1S/C36H36N2O6/c1-23(33(40)26-8-4-3-5-9-26)37(2)21-29-20-32(25-14-12-24(22-39)13-15-25)44-36(43-29)27-16-18-28(19-17-27)38-34(41)30-10-6-7-11-31(30)35(38)42/h3-19,23,29,32-33,36,39-40H,20-22H2,1-2H3/t23-,29-,32+,33-,36+/m0/s1. The Kier molecular flexibility index (Phi) is 8.70. The van der Waals surface area contributed by atoms with E-state index < -0.39 is 12.4 Å². The number of likely N-dealkylation sites (N-methyl/N-ethyl adjacent to an activating group) is 1. The van der Waals surface area contributed by atoms with E-state index in [0.717, 1.165) is 22.3 Å². The molecule has 6 rings (SSSR count). The lowest BCUT2D eigenvalue weighted by atomic mass is 9.98. The molecule has 226 valence electrons. The summed E-state index contributed by atoms with van der Waals surface area (Å²) in [6.07, 6.45) is -1.25. The molecule has 2 N–H and O–H groups in total. The number of hydrogen-bond donors (Lipinski definition) is 2. The number of aliphatic hydroxyl groups excluding tert-OH is 2. The number of carbonyl (C=O) groups excluding carboxylic acids is 2. The zero-order valence-electron chi connectivity index (χ0n) is 24.7. The smallest absolute Gasteiger partial charge is 0.266 e. The molecule has 0 spiro atoms. The summed E-state index contributed by atoms with van der Waals surface area (Å²) in [5.41, 5.74) is 4.68. The maximum Gasteiger partial charge on any atom is 0.266 e. The van der Waals surface area contributed by atoms with Crippen LogP contribution < -0.4 is 4.90 Å². The molecule has 5 atom stereocenters. The van der Waals surface area contributed by atoms with Crippen molar-refractivity contribution in [3.05, 3.63) is 137 Å². The number of hydrogen-bond acceptors (Lipinski definition) is 7. The highest BCUT2D eigenvalue weighted by molar-refractivity contribution is 6.34. The van der Waals surface area contributed by atoms with Gasteiger partial charge in [0.25, 0.3) is 11.8 Å². The van der Waals surface area contributed by atoms with E-state index in [0.29, 0.717) is 29.8 Å². The highest BCUT2D eigenvalue weighted by Gasteiger charge is 2.37. The van der Waals surface area contributed by atoms with Crippen LogP contribution in [0.3, 0.4) is 0 Å². The van der Waals surface area contributed by atoms with Gasteiger partial charge in [0.2, 0.25) is 0 Å². The van der Waals surface area contributed by atoms with E-state index in [9.17, 15) is 19.8 Å². The van der Waals surface area contributed by atoms with Crippen molar-refractivity contribution in [2.75, 3.05) is 18.5 Å². The first-order valence-corrected chi connectivity index (χ1v) is 14.9. The highest BCUT2D eigenvalue weighted by atomic mass is 16.7. The van der Waals surface area contributed by atoms with Crippen LogP contribution in [0.15, 0.2) is 103 Å². The number of rotatable bonds is 9. The Bertz CT molecular complexity index is 1570. The average Bonchev–Trinajstić information content (AvgIpc) is 3.33. The Morgan fingerprint density at radius 1 is 0.818 bits per heavy atom. The molecule has 0 radical (unpaired) electrons. The molecule has 4 aromatic carbocycles. The largest absolute Gasteiger partial charge is 0.392 e. The van der Waals surface area contributed by atoms with Gasteiger partial charge in [0.05, 0.1) is 41.7 Å². The first-order valence-electron chi connectivity index (χ1n) is 14.9. The molecule has 0 aromatic heterocycles. The van der Waals surface area contributed by atoms with Gasteiger partial charge in [0, 0.05) is 24.6 Å². The molecule has 2 amide bonds. The van der Waals surface area contributed by atoms with E-state index in [2.05, 4.69) is 4.90 Å². The van der Waals surface area contributed by atoms with Crippen molar-refractivity contribution in [3.8, 4) is 0 Å². The molecule has 2 heterocycles. The molecule has 2 aliphatic heterocycles. The second-order valence-corrected chi connectivity index (χ2v) is 11.5. The monoisotopic (exact) mass is 592 g/mol. The number of fused-ring (bicyclic) bond motifs is 1. The van der Waals surface area contributed by atoms with Crippen LogP contribution in [0.25, 0.3) is 0 Å². The second-order valence-electron chi connectivity index (χ2n) is 11.5. The summed E-state index contributed by atoms with van der Waals surface area (Å²) in [6, 6.07) is 31.1. The Hall–Kier alpha value is -4.18. The summed E-state index contributed by atoms with van der Waals surface area (Å²) in [4.78, 5) is 29.3. The SMILES string of the molecule is C[C@@H]([C@H](O)c1ccccc1)N(C)C[C@@H]1C[C@H](c2ccc(CO)cc2)O[C@H](c2ccc(N3C(=O)c4ccccc4C3=O)cc2)O1. The van der Waals surface area contributed by atoms with Crippen molar-refractivity contribution in [2.24, 2.45) is 0 Å². The lowest BCUT2D eigenvalue weighted by molar-refractivity contribution is -0.253. The molecular weight excluding hydrogens is 556 g/mol. The Balaban J connectivity index is 1.22. The zero-order chi connectivity index (χ0) is 30.8. The van der Waals surface area contributed by atoms with Crippen molar-refractivity contribution < 1.29 is 29.3 Å². The van der Waals surface area contributed by atoms with Crippen LogP contribution in [-0.4, -0.2) is 52.7 Å². The summed E-state index contributed by atoms with van der Waals surface area (Å²) >= 11 is 0. The van der Waals surface area contributed by atoms with Gasteiger partial charge < -0.3 is 19.7 Å². The number of aliphatic hydroxyl groups is 2. The Morgan fingerprint density at radius 2 is 1.41 bits per heavy atom. The fraction of sp³-hybridized carbons (Fsp3) is 0.278. The van der Waals surface area contributed by atoms with Crippen LogP contribution >= 0.6 is 0 Å². The molecular formula is C36H36N2O6. The number of nitrogens with zero attached hydrogens (tertiary/aromatic N) is 2. The fourth-order valence-electron chi connectivity index (χ4n) is 5.89. The molecule has 0 saturated carbocycles. The quantitative estimate of drug-likeness (QED) is 0.245. The van der Waals surface area contributed by atoms with E-state index in [4.69, 9.17) is 9.47 Å². The van der Waals surface area contributed by atoms with Crippen molar-refractivity contribution in [1.82, 2.24) is 4.90 Å². The molecule has 44 heavy (non-hydrogen) atoms. The number of imide groups is 1. The average molecular weight is 593 g/mol. The topological polar surface area (TPSA) is 99.5 Å². The second kappa shape index (κ2) is 12.8. The number of carbonyl (C=O) groups is 2. The first-order chi connectivity index (χ1) is 21.3. The minimum absolute atomic E-state index is 0.0357. The van der Waals surface area contributed by atoms with Crippen molar-refractivity contribution in [2.45, 2.75) is 50.6 Å². The van der Waals surface area contributed by atoms with Gasteiger partial charge in [-0.15, -0.1) is 0 Å². The van der Waals surface area contributed by atoms with Gasteiger partial charge in [0.1, 0.15) is 0 Å².